The van der Waals surface area contributed by atoms with Crippen LogP contribution in [0.4, 0.5) is 0 Å². The number of aromatic amines is 2. The Hall–Kier alpha value is -2.34. The third-order valence-corrected chi connectivity index (χ3v) is 3.18. The van der Waals surface area contributed by atoms with Crippen molar-refractivity contribution in [2.24, 2.45) is 0 Å². The maximum Gasteiger partial charge on any atom is 0.328 e. The smallest absolute Gasteiger partial charge is 0.328 e. The monoisotopic (exact) mass is 274 g/mol. The fourth-order valence-electron chi connectivity index (χ4n) is 2.22. The van der Waals surface area contributed by atoms with Gasteiger partial charge in [0.15, 0.2) is 0 Å². The third-order valence-electron chi connectivity index (χ3n) is 3.18. The van der Waals surface area contributed by atoms with E-state index >= 15 is 0 Å². The number of benzene rings is 1. The molecule has 0 saturated carbocycles. The van der Waals surface area contributed by atoms with Gasteiger partial charge in [0.1, 0.15) is 5.75 Å². The molecule has 6 heteroatoms. The quantitative estimate of drug-likeness (QED) is 0.754. The van der Waals surface area contributed by atoms with Crippen molar-refractivity contribution in [2.45, 2.75) is 20.0 Å². The van der Waals surface area contributed by atoms with Crippen molar-refractivity contribution in [2.75, 3.05) is 6.61 Å². The number of aromatic nitrogens is 2. The molecule has 2 N–H and O–H groups in total. The summed E-state index contributed by atoms with van der Waals surface area (Å²) in [5.74, 6) is 0.878. The molecule has 20 heavy (non-hydrogen) atoms. The Balaban J connectivity index is 1.98. The highest BCUT2D eigenvalue weighted by molar-refractivity contribution is 5.47. The van der Waals surface area contributed by atoms with Crippen molar-refractivity contribution in [3.63, 3.8) is 0 Å². The zero-order valence-electron chi connectivity index (χ0n) is 11.0. The Morgan fingerprint density at radius 2 is 2.15 bits per heavy atom. The van der Waals surface area contributed by atoms with Gasteiger partial charge in [0.05, 0.1) is 12.2 Å². The molecule has 0 saturated heterocycles. The molecule has 0 unspecified atom stereocenters. The standard InChI is InChI=1S/C14H14N2O4/c1-2-19-7-8-3-4-11-9(5-8)6-10-12(17)15-14(18)16-13(10)20-11/h3-5H,2,6-7H2,1H3,(H2,15,16,17,18). The molecule has 104 valence electrons. The Labute approximate surface area is 114 Å². The predicted molar refractivity (Wildman–Crippen MR) is 72.3 cm³/mol. The molecule has 0 fully saturated rings. The summed E-state index contributed by atoms with van der Waals surface area (Å²) in [7, 11) is 0. The van der Waals surface area contributed by atoms with E-state index in [1.165, 1.54) is 0 Å². The number of ether oxygens (including phenoxy) is 2. The highest BCUT2D eigenvalue weighted by atomic mass is 16.5. The minimum Gasteiger partial charge on any atom is -0.440 e. The second kappa shape index (κ2) is 4.97. The summed E-state index contributed by atoms with van der Waals surface area (Å²) in [6.07, 6.45) is 0.427. The molecule has 0 aliphatic carbocycles. The first kappa shape index (κ1) is 12.7. The van der Waals surface area contributed by atoms with Crippen LogP contribution < -0.4 is 16.0 Å². The van der Waals surface area contributed by atoms with E-state index in [4.69, 9.17) is 9.47 Å². The third kappa shape index (κ3) is 2.25. The second-order valence-electron chi connectivity index (χ2n) is 4.57. The molecule has 1 aliphatic rings. The molecule has 0 amide bonds. The van der Waals surface area contributed by atoms with E-state index in [0.717, 1.165) is 11.1 Å². The van der Waals surface area contributed by atoms with Gasteiger partial charge in [-0.3, -0.25) is 14.8 Å². The Bertz CT molecular complexity index is 760. The molecule has 2 heterocycles. The molecule has 1 aliphatic heterocycles. The first-order valence-corrected chi connectivity index (χ1v) is 6.40. The van der Waals surface area contributed by atoms with Gasteiger partial charge in [0.25, 0.3) is 5.56 Å². The predicted octanol–water partition coefficient (Wildman–Crippen LogP) is 1.30. The molecular weight excluding hydrogens is 260 g/mol. The van der Waals surface area contributed by atoms with E-state index < -0.39 is 11.2 Å². The van der Waals surface area contributed by atoms with Crippen molar-refractivity contribution in [1.82, 2.24) is 9.97 Å². The average Bonchev–Trinajstić information content (AvgIpc) is 2.43. The van der Waals surface area contributed by atoms with E-state index in [9.17, 15) is 9.59 Å². The minimum absolute atomic E-state index is 0.226. The van der Waals surface area contributed by atoms with Gasteiger partial charge in [-0.1, -0.05) is 6.07 Å². The largest absolute Gasteiger partial charge is 0.440 e. The van der Waals surface area contributed by atoms with E-state index in [-0.39, 0.29) is 5.88 Å². The number of fused-ring (bicyclic) bond motifs is 2. The van der Waals surface area contributed by atoms with Crippen LogP contribution in [0, 0.1) is 0 Å². The summed E-state index contributed by atoms with van der Waals surface area (Å²) >= 11 is 0. The SMILES string of the molecule is CCOCc1ccc2c(c1)Cc1c([nH]c(=O)[nH]c1=O)O2. The molecule has 0 bridgehead atoms. The van der Waals surface area contributed by atoms with E-state index in [1.807, 2.05) is 25.1 Å². The maximum absolute atomic E-state index is 11.8. The van der Waals surface area contributed by atoms with Crippen molar-refractivity contribution >= 4 is 0 Å². The van der Waals surface area contributed by atoms with Crippen LogP contribution in [0.25, 0.3) is 0 Å². The van der Waals surface area contributed by atoms with Crippen molar-refractivity contribution in [3.8, 4) is 11.6 Å². The van der Waals surface area contributed by atoms with Gasteiger partial charge in [-0.2, -0.15) is 0 Å². The fourth-order valence-corrected chi connectivity index (χ4v) is 2.22. The molecule has 2 aromatic rings. The van der Waals surface area contributed by atoms with Crippen LogP contribution >= 0.6 is 0 Å². The highest BCUT2D eigenvalue weighted by Crippen LogP contribution is 2.33. The molecule has 1 aromatic heterocycles. The van der Waals surface area contributed by atoms with Crippen LogP contribution in [0.1, 0.15) is 23.6 Å². The Morgan fingerprint density at radius 1 is 1.30 bits per heavy atom. The molecular formula is C14H14N2O4. The van der Waals surface area contributed by atoms with Gasteiger partial charge >= 0.3 is 5.69 Å². The first-order valence-electron chi connectivity index (χ1n) is 6.40. The molecule has 3 rings (SSSR count). The molecule has 0 atom stereocenters. The van der Waals surface area contributed by atoms with Gasteiger partial charge in [0, 0.05) is 13.0 Å². The highest BCUT2D eigenvalue weighted by Gasteiger charge is 2.21. The second-order valence-corrected chi connectivity index (χ2v) is 4.57. The van der Waals surface area contributed by atoms with Crippen LogP contribution in [0.15, 0.2) is 27.8 Å². The zero-order valence-corrected chi connectivity index (χ0v) is 11.0. The van der Waals surface area contributed by atoms with E-state index in [0.29, 0.717) is 30.9 Å². The number of H-pyrrole nitrogens is 2. The Kier molecular flexibility index (Phi) is 3.15. The summed E-state index contributed by atoms with van der Waals surface area (Å²) in [5, 5.41) is 0. The van der Waals surface area contributed by atoms with Crippen LogP contribution in [0.2, 0.25) is 0 Å². The summed E-state index contributed by atoms with van der Waals surface area (Å²) in [6.45, 7) is 3.11. The lowest BCUT2D eigenvalue weighted by atomic mass is 10.0. The van der Waals surface area contributed by atoms with Crippen molar-refractivity contribution in [3.05, 3.63) is 55.7 Å². The van der Waals surface area contributed by atoms with Crippen LogP contribution in [0.5, 0.6) is 11.6 Å². The number of rotatable bonds is 3. The molecule has 0 spiro atoms. The topological polar surface area (TPSA) is 84.2 Å². The minimum atomic E-state index is -0.565. The van der Waals surface area contributed by atoms with Crippen molar-refractivity contribution < 1.29 is 9.47 Å². The van der Waals surface area contributed by atoms with Gasteiger partial charge in [0.2, 0.25) is 5.88 Å². The lowest BCUT2D eigenvalue weighted by molar-refractivity contribution is 0.134. The van der Waals surface area contributed by atoms with Gasteiger partial charge in [-0.15, -0.1) is 0 Å². The molecule has 1 aromatic carbocycles. The zero-order chi connectivity index (χ0) is 14.1. The number of hydrogen-bond acceptors (Lipinski definition) is 4. The van der Waals surface area contributed by atoms with Crippen LogP contribution in [0.3, 0.4) is 0 Å². The summed E-state index contributed by atoms with van der Waals surface area (Å²) in [4.78, 5) is 27.7. The summed E-state index contributed by atoms with van der Waals surface area (Å²) < 4.78 is 10.9. The van der Waals surface area contributed by atoms with Gasteiger partial charge < -0.3 is 9.47 Å². The number of hydrogen-bond donors (Lipinski definition) is 2. The number of nitrogens with one attached hydrogen (secondary N) is 2. The normalized spacial score (nSPS) is 12.4. The van der Waals surface area contributed by atoms with Gasteiger partial charge in [-0.05, 0) is 30.2 Å². The molecule has 0 radical (unpaired) electrons. The Morgan fingerprint density at radius 3 is 2.95 bits per heavy atom. The van der Waals surface area contributed by atoms with Crippen molar-refractivity contribution in [1.29, 1.82) is 0 Å². The molecule has 6 nitrogen and oxygen atoms in total. The average molecular weight is 274 g/mol. The fraction of sp³-hybridized carbons (Fsp3) is 0.286. The van der Waals surface area contributed by atoms with Crippen LogP contribution in [-0.2, 0) is 17.8 Å². The lowest BCUT2D eigenvalue weighted by Gasteiger charge is -2.19. The maximum atomic E-state index is 11.8. The van der Waals surface area contributed by atoms with Crippen LogP contribution in [-0.4, -0.2) is 16.6 Å². The first-order chi connectivity index (χ1) is 9.67. The van der Waals surface area contributed by atoms with E-state index in [1.54, 1.807) is 0 Å². The summed E-state index contributed by atoms with van der Waals surface area (Å²) in [6, 6.07) is 5.69. The van der Waals surface area contributed by atoms with E-state index in [2.05, 4.69) is 9.97 Å². The van der Waals surface area contributed by atoms with Gasteiger partial charge in [-0.25, -0.2) is 4.79 Å². The summed E-state index contributed by atoms with van der Waals surface area (Å²) in [5.41, 5.74) is 1.39. The lowest BCUT2D eigenvalue weighted by Crippen LogP contribution is -2.28.